The Bertz CT molecular complexity index is 480. The number of hydrogen-bond donors (Lipinski definition) is 1. The average molecular weight is 213 g/mol. The minimum Gasteiger partial charge on any atom is -0.399 e. The summed E-state index contributed by atoms with van der Waals surface area (Å²) in [5.74, 6) is 0.878. The minimum atomic E-state index is 0.829. The molecule has 1 aromatic carbocycles. The van der Waals surface area contributed by atoms with Crippen LogP contribution in [-0.2, 0) is 12.8 Å². The number of rotatable bonds is 3. The SMILES string of the molecule is Cc1ccnc(CCc2ccccc2N)n1. The molecular weight excluding hydrogens is 198 g/mol. The Morgan fingerprint density at radius 1 is 1.12 bits per heavy atom. The van der Waals surface area contributed by atoms with E-state index in [1.807, 2.05) is 37.3 Å². The van der Waals surface area contributed by atoms with Crippen LogP contribution in [-0.4, -0.2) is 9.97 Å². The van der Waals surface area contributed by atoms with Crippen molar-refractivity contribution in [1.82, 2.24) is 9.97 Å². The number of nitrogens with two attached hydrogens (primary N) is 1. The molecule has 0 aliphatic rings. The fourth-order valence-electron chi connectivity index (χ4n) is 1.63. The van der Waals surface area contributed by atoms with Gasteiger partial charge in [-0.15, -0.1) is 0 Å². The summed E-state index contributed by atoms with van der Waals surface area (Å²) in [5, 5.41) is 0. The number of aryl methyl sites for hydroxylation is 3. The quantitative estimate of drug-likeness (QED) is 0.795. The number of nitrogens with zero attached hydrogens (tertiary/aromatic N) is 2. The van der Waals surface area contributed by atoms with E-state index in [-0.39, 0.29) is 0 Å². The Balaban J connectivity index is 2.05. The van der Waals surface area contributed by atoms with Crippen LogP contribution in [0.3, 0.4) is 0 Å². The fraction of sp³-hybridized carbons (Fsp3) is 0.231. The second kappa shape index (κ2) is 4.75. The molecule has 2 aromatic rings. The molecule has 0 saturated carbocycles. The zero-order valence-electron chi connectivity index (χ0n) is 9.35. The maximum atomic E-state index is 5.87. The lowest BCUT2D eigenvalue weighted by Crippen LogP contribution is -2.01. The van der Waals surface area contributed by atoms with E-state index in [9.17, 15) is 0 Å². The summed E-state index contributed by atoms with van der Waals surface area (Å²) in [6.45, 7) is 1.97. The Kier molecular flexibility index (Phi) is 3.15. The normalized spacial score (nSPS) is 10.3. The lowest BCUT2D eigenvalue weighted by Gasteiger charge is -2.04. The van der Waals surface area contributed by atoms with Crippen LogP contribution >= 0.6 is 0 Å². The molecule has 2 N–H and O–H groups in total. The summed E-state index contributed by atoms with van der Waals surface area (Å²) in [6.07, 6.45) is 3.51. The average Bonchev–Trinajstić information content (AvgIpc) is 2.28. The van der Waals surface area contributed by atoms with Gasteiger partial charge in [0.1, 0.15) is 5.82 Å². The third-order valence-electron chi connectivity index (χ3n) is 2.52. The van der Waals surface area contributed by atoms with Gasteiger partial charge in [-0.25, -0.2) is 9.97 Å². The first-order valence-electron chi connectivity index (χ1n) is 5.37. The Morgan fingerprint density at radius 2 is 1.94 bits per heavy atom. The molecule has 0 amide bonds. The van der Waals surface area contributed by atoms with Gasteiger partial charge in [-0.2, -0.15) is 0 Å². The van der Waals surface area contributed by atoms with Crippen LogP contribution in [0.2, 0.25) is 0 Å². The Labute approximate surface area is 95.4 Å². The highest BCUT2D eigenvalue weighted by Gasteiger charge is 2.01. The number of nitrogen functional groups attached to an aromatic ring is 1. The second-order valence-electron chi connectivity index (χ2n) is 3.81. The van der Waals surface area contributed by atoms with Crippen LogP contribution in [0.4, 0.5) is 5.69 Å². The largest absolute Gasteiger partial charge is 0.399 e. The van der Waals surface area contributed by atoms with Gasteiger partial charge < -0.3 is 5.73 Å². The summed E-state index contributed by atoms with van der Waals surface area (Å²) in [4.78, 5) is 8.60. The van der Waals surface area contributed by atoms with Crippen molar-refractivity contribution in [3.8, 4) is 0 Å². The molecule has 0 saturated heterocycles. The van der Waals surface area contributed by atoms with Crippen molar-refractivity contribution in [2.75, 3.05) is 5.73 Å². The van der Waals surface area contributed by atoms with Gasteiger partial charge in [0.2, 0.25) is 0 Å². The van der Waals surface area contributed by atoms with Gasteiger partial charge in [0.05, 0.1) is 0 Å². The summed E-state index contributed by atoms with van der Waals surface area (Å²) in [7, 11) is 0. The van der Waals surface area contributed by atoms with Gasteiger partial charge in [0.25, 0.3) is 0 Å². The number of benzene rings is 1. The maximum Gasteiger partial charge on any atom is 0.128 e. The summed E-state index contributed by atoms with van der Waals surface area (Å²) in [6, 6.07) is 9.82. The summed E-state index contributed by atoms with van der Waals surface area (Å²) >= 11 is 0. The molecule has 0 atom stereocenters. The van der Waals surface area contributed by atoms with E-state index in [0.717, 1.165) is 35.6 Å². The molecule has 1 aromatic heterocycles. The zero-order chi connectivity index (χ0) is 11.4. The van der Waals surface area contributed by atoms with Crippen LogP contribution in [0.25, 0.3) is 0 Å². The van der Waals surface area contributed by atoms with Crippen molar-refractivity contribution in [3.05, 3.63) is 53.6 Å². The first-order chi connectivity index (χ1) is 7.75. The molecule has 1 heterocycles. The summed E-state index contributed by atoms with van der Waals surface area (Å²) < 4.78 is 0. The van der Waals surface area contributed by atoms with Gasteiger partial charge in [-0.3, -0.25) is 0 Å². The Hall–Kier alpha value is -1.90. The molecule has 0 unspecified atom stereocenters. The van der Waals surface area contributed by atoms with Gasteiger partial charge in [0.15, 0.2) is 0 Å². The third kappa shape index (κ3) is 2.57. The van der Waals surface area contributed by atoms with Gasteiger partial charge in [0, 0.05) is 24.0 Å². The molecule has 0 fully saturated rings. The van der Waals surface area contributed by atoms with Crippen LogP contribution < -0.4 is 5.73 Å². The molecule has 0 aliphatic heterocycles. The highest BCUT2D eigenvalue weighted by atomic mass is 14.9. The van der Waals surface area contributed by atoms with E-state index in [0.29, 0.717) is 0 Å². The first-order valence-corrected chi connectivity index (χ1v) is 5.37. The molecule has 3 heteroatoms. The van der Waals surface area contributed by atoms with E-state index >= 15 is 0 Å². The molecule has 0 radical (unpaired) electrons. The molecule has 2 rings (SSSR count). The lowest BCUT2D eigenvalue weighted by atomic mass is 10.1. The Morgan fingerprint density at radius 3 is 2.69 bits per heavy atom. The lowest BCUT2D eigenvalue weighted by molar-refractivity contribution is 0.847. The zero-order valence-corrected chi connectivity index (χ0v) is 9.35. The van der Waals surface area contributed by atoms with E-state index in [1.54, 1.807) is 6.20 Å². The van der Waals surface area contributed by atoms with E-state index in [2.05, 4.69) is 9.97 Å². The fourth-order valence-corrected chi connectivity index (χ4v) is 1.63. The van der Waals surface area contributed by atoms with Crippen LogP contribution in [0.15, 0.2) is 36.5 Å². The van der Waals surface area contributed by atoms with Crippen LogP contribution in [0, 0.1) is 6.92 Å². The van der Waals surface area contributed by atoms with Crippen LogP contribution in [0.5, 0.6) is 0 Å². The van der Waals surface area contributed by atoms with Crippen LogP contribution in [0.1, 0.15) is 17.1 Å². The topological polar surface area (TPSA) is 51.8 Å². The smallest absolute Gasteiger partial charge is 0.128 e. The standard InChI is InChI=1S/C13H15N3/c1-10-8-9-15-13(16-10)7-6-11-4-2-3-5-12(11)14/h2-5,8-9H,6-7,14H2,1H3. The number of para-hydroxylation sites is 1. The molecule has 16 heavy (non-hydrogen) atoms. The van der Waals surface area contributed by atoms with Crippen molar-refractivity contribution in [1.29, 1.82) is 0 Å². The van der Waals surface area contributed by atoms with Crippen molar-refractivity contribution in [2.24, 2.45) is 0 Å². The van der Waals surface area contributed by atoms with Crippen molar-refractivity contribution in [3.63, 3.8) is 0 Å². The van der Waals surface area contributed by atoms with Crippen molar-refractivity contribution in [2.45, 2.75) is 19.8 Å². The molecule has 0 aliphatic carbocycles. The van der Waals surface area contributed by atoms with Crippen molar-refractivity contribution >= 4 is 5.69 Å². The summed E-state index contributed by atoms with van der Waals surface area (Å²) in [5.41, 5.74) is 8.88. The van der Waals surface area contributed by atoms with Crippen molar-refractivity contribution < 1.29 is 0 Å². The highest BCUT2D eigenvalue weighted by Crippen LogP contribution is 2.12. The first kappa shape index (κ1) is 10.6. The molecule has 82 valence electrons. The third-order valence-corrected chi connectivity index (χ3v) is 2.52. The monoisotopic (exact) mass is 213 g/mol. The highest BCUT2D eigenvalue weighted by molar-refractivity contribution is 5.46. The van der Waals surface area contributed by atoms with Gasteiger partial charge >= 0.3 is 0 Å². The second-order valence-corrected chi connectivity index (χ2v) is 3.81. The molecule has 0 spiro atoms. The molecule has 3 nitrogen and oxygen atoms in total. The van der Waals surface area contributed by atoms with Gasteiger partial charge in [-0.1, -0.05) is 18.2 Å². The van der Waals surface area contributed by atoms with E-state index in [1.165, 1.54) is 0 Å². The minimum absolute atomic E-state index is 0.829. The molecule has 0 bridgehead atoms. The number of hydrogen-bond acceptors (Lipinski definition) is 3. The molecular formula is C13H15N3. The number of aromatic nitrogens is 2. The number of anilines is 1. The van der Waals surface area contributed by atoms with Gasteiger partial charge in [-0.05, 0) is 31.0 Å². The predicted octanol–water partition coefficient (Wildman–Crippen LogP) is 2.15. The predicted molar refractivity (Wildman–Crippen MR) is 65.0 cm³/mol. The van der Waals surface area contributed by atoms with E-state index in [4.69, 9.17) is 5.73 Å². The maximum absolute atomic E-state index is 5.87. The van der Waals surface area contributed by atoms with E-state index < -0.39 is 0 Å².